The van der Waals surface area contributed by atoms with Crippen molar-refractivity contribution in [3.05, 3.63) is 90.5 Å². The van der Waals surface area contributed by atoms with Gasteiger partial charge in [-0.1, -0.05) is 48.0 Å². The van der Waals surface area contributed by atoms with Crippen molar-refractivity contribution in [2.45, 2.75) is 13.3 Å². The third-order valence-corrected chi connectivity index (χ3v) is 5.63. The Morgan fingerprint density at radius 3 is 2.30 bits per heavy atom. The molecule has 0 bridgehead atoms. The monoisotopic (exact) mass is 394 g/mol. The highest BCUT2D eigenvalue weighted by Gasteiger charge is 2.28. The van der Waals surface area contributed by atoms with Gasteiger partial charge in [0.2, 0.25) is 5.91 Å². The maximum atomic E-state index is 13.3. The topological polar surface area (TPSA) is 43.8 Å². The molecule has 0 spiro atoms. The number of hydrogen-bond donors (Lipinski definition) is 1. The molecule has 0 aromatic heterocycles. The van der Waals surface area contributed by atoms with Crippen molar-refractivity contribution in [3.8, 4) is 5.75 Å². The summed E-state index contributed by atoms with van der Waals surface area (Å²) in [5, 5.41) is 12.4. The second-order valence-corrected chi connectivity index (χ2v) is 7.67. The fourth-order valence-electron chi connectivity index (χ4n) is 4.08. The van der Waals surface area contributed by atoms with Crippen LogP contribution in [0.15, 0.2) is 84.9 Å². The van der Waals surface area contributed by atoms with Crippen LogP contribution in [-0.4, -0.2) is 17.6 Å². The van der Waals surface area contributed by atoms with Crippen molar-refractivity contribution in [1.82, 2.24) is 0 Å². The van der Waals surface area contributed by atoms with Gasteiger partial charge in [-0.15, -0.1) is 0 Å². The first-order chi connectivity index (χ1) is 14.6. The van der Waals surface area contributed by atoms with Crippen molar-refractivity contribution in [3.63, 3.8) is 0 Å². The van der Waals surface area contributed by atoms with Crippen LogP contribution in [0.2, 0.25) is 0 Å². The van der Waals surface area contributed by atoms with Crippen LogP contribution >= 0.6 is 0 Å². The molecule has 1 N–H and O–H groups in total. The largest absolute Gasteiger partial charge is 0.508 e. The zero-order valence-electron chi connectivity index (χ0n) is 16.7. The van der Waals surface area contributed by atoms with E-state index in [1.165, 1.54) is 5.56 Å². The van der Waals surface area contributed by atoms with Gasteiger partial charge in [0.25, 0.3) is 0 Å². The van der Waals surface area contributed by atoms with Gasteiger partial charge in [0.05, 0.1) is 11.4 Å². The molecule has 1 aliphatic rings. The van der Waals surface area contributed by atoms with E-state index < -0.39 is 0 Å². The number of aryl methyl sites for hydroxylation is 1. The summed E-state index contributed by atoms with van der Waals surface area (Å²) in [5.74, 6) is 0.213. The average Bonchev–Trinajstić information content (AvgIpc) is 2.90. The molecule has 0 saturated carbocycles. The molecule has 4 nitrogen and oxygen atoms in total. The van der Waals surface area contributed by atoms with Crippen LogP contribution in [0.3, 0.4) is 0 Å². The van der Waals surface area contributed by atoms with Gasteiger partial charge in [0.1, 0.15) is 5.75 Å². The molecule has 0 aliphatic carbocycles. The van der Waals surface area contributed by atoms with Crippen LogP contribution in [0.1, 0.15) is 12.0 Å². The summed E-state index contributed by atoms with van der Waals surface area (Å²) in [7, 11) is 0. The first kappa shape index (κ1) is 18.3. The van der Waals surface area contributed by atoms with Gasteiger partial charge >= 0.3 is 0 Å². The summed E-state index contributed by atoms with van der Waals surface area (Å²) in [5.41, 5.74) is 4.60. The number of amides is 1. The maximum Gasteiger partial charge on any atom is 0.233 e. The van der Waals surface area contributed by atoms with E-state index >= 15 is 0 Å². The zero-order valence-corrected chi connectivity index (χ0v) is 16.7. The number of hydrogen-bond acceptors (Lipinski definition) is 3. The third kappa shape index (κ3) is 3.16. The van der Waals surface area contributed by atoms with Crippen molar-refractivity contribution in [2.75, 3.05) is 16.3 Å². The van der Waals surface area contributed by atoms with Gasteiger partial charge < -0.3 is 10.0 Å². The Kier molecular flexibility index (Phi) is 4.40. The summed E-state index contributed by atoms with van der Waals surface area (Å²) in [6, 6.07) is 27.6. The Morgan fingerprint density at radius 1 is 0.767 bits per heavy atom. The summed E-state index contributed by atoms with van der Waals surface area (Å²) in [6.45, 7) is 2.60. The van der Waals surface area contributed by atoms with Crippen LogP contribution in [-0.2, 0) is 4.79 Å². The smallest absolute Gasteiger partial charge is 0.233 e. The van der Waals surface area contributed by atoms with E-state index in [-0.39, 0.29) is 11.7 Å². The molecule has 1 amide bonds. The summed E-state index contributed by atoms with van der Waals surface area (Å²) < 4.78 is 0. The van der Waals surface area contributed by atoms with Crippen LogP contribution < -0.4 is 9.80 Å². The first-order valence-corrected chi connectivity index (χ1v) is 10.1. The Bertz CT molecular complexity index is 1250. The van der Waals surface area contributed by atoms with Crippen molar-refractivity contribution in [2.24, 2.45) is 0 Å². The lowest BCUT2D eigenvalue weighted by Gasteiger charge is -2.27. The van der Waals surface area contributed by atoms with Crippen molar-refractivity contribution >= 4 is 39.4 Å². The predicted octanol–water partition coefficient (Wildman–Crippen LogP) is 6.06. The number of fused-ring (bicyclic) bond motifs is 2. The van der Waals surface area contributed by atoms with Crippen molar-refractivity contribution in [1.29, 1.82) is 0 Å². The van der Waals surface area contributed by atoms with E-state index in [0.717, 1.165) is 33.5 Å². The van der Waals surface area contributed by atoms with Crippen LogP contribution in [0.5, 0.6) is 5.75 Å². The maximum absolute atomic E-state index is 13.3. The molecule has 4 aromatic rings. The van der Waals surface area contributed by atoms with Crippen molar-refractivity contribution < 1.29 is 9.90 Å². The third-order valence-electron chi connectivity index (χ3n) is 5.63. The molecule has 148 valence electrons. The number of anilines is 4. The molecule has 30 heavy (non-hydrogen) atoms. The number of phenolic OH excluding ortho intramolecular Hbond substituents is 1. The van der Waals surface area contributed by atoms with Gasteiger partial charge in [-0.25, -0.2) is 0 Å². The van der Waals surface area contributed by atoms with E-state index in [1.807, 2.05) is 36.4 Å². The predicted molar refractivity (Wildman–Crippen MR) is 122 cm³/mol. The molecule has 0 atom stereocenters. The van der Waals surface area contributed by atoms with Gasteiger partial charge in [-0.05, 0) is 54.1 Å². The molecule has 0 saturated heterocycles. The number of nitrogens with zero attached hydrogens (tertiary/aromatic N) is 2. The number of benzene rings is 4. The minimum absolute atomic E-state index is 0.0341. The molecular formula is C26H22N2O2. The standard InChI is InChI=1S/C26H22N2O2/c1-18-6-9-21(10-7-18)27-15-14-26(30)28(24-13-12-23(29)17-25(24)27)22-11-8-19-4-2-3-5-20(19)16-22/h2-13,16-17,29H,14-15H2,1H3. The second kappa shape index (κ2) is 7.23. The lowest BCUT2D eigenvalue weighted by Crippen LogP contribution is -2.25. The fourth-order valence-corrected chi connectivity index (χ4v) is 4.08. The Morgan fingerprint density at radius 2 is 1.50 bits per heavy atom. The lowest BCUT2D eigenvalue weighted by atomic mass is 10.1. The minimum Gasteiger partial charge on any atom is -0.508 e. The van der Waals surface area contributed by atoms with Gasteiger partial charge in [-0.2, -0.15) is 0 Å². The fraction of sp³-hybridized carbons (Fsp3) is 0.115. The van der Waals surface area contributed by atoms with Gasteiger partial charge in [0.15, 0.2) is 0 Å². The van der Waals surface area contributed by atoms with Gasteiger partial charge in [0, 0.05) is 30.4 Å². The molecule has 4 aromatic carbocycles. The number of carbonyl (C=O) groups is 1. The molecule has 5 rings (SSSR count). The van der Waals surface area contributed by atoms with Crippen LogP contribution in [0.25, 0.3) is 10.8 Å². The van der Waals surface area contributed by atoms with Crippen LogP contribution in [0, 0.1) is 6.92 Å². The normalized spacial score (nSPS) is 14.0. The molecule has 1 aliphatic heterocycles. The number of carbonyl (C=O) groups excluding carboxylic acids is 1. The summed E-state index contributed by atoms with van der Waals surface area (Å²) >= 11 is 0. The number of rotatable bonds is 2. The zero-order chi connectivity index (χ0) is 20.7. The van der Waals surface area contributed by atoms with E-state index in [2.05, 4.69) is 48.2 Å². The number of aromatic hydroxyl groups is 1. The SMILES string of the molecule is Cc1ccc(N2CCC(=O)N(c3ccc4ccccc4c3)c3ccc(O)cc32)cc1. The molecule has 0 radical (unpaired) electrons. The minimum atomic E-state index is 0.0341. The summed E-state index contributed by atoms with van der Waals surface area (Å²) in [6.07, 6.45) is 0.371. The van der Waals surface area contributed by atoms with E-state index in [9.17, 15) is 9.90 Å². The first-order valence-electron chi connectivity index (χ1n) is 10.1. The molecule has 0 unspecified atom stereocenters. The summed E-state index contributed by atoms with van der Waals surface area (Å²) in [4.78, 5) is 17.1. The molecule has 4 heteroatoms. The van der Waals surface area contributed by atoms with E-state index in [4.69, 9.17) is 0 Å². The van der Waals surface area contributed by atoms with E-state index in [0.29, 0.717) is 13.0 Å². The molecular weight excluding hydrogens is 372 g/mol. The highest BCUT2D eigenvalue weighted by Crippen LogP contribution is 2.43. The van der Waals surface area contributed by atoms with Crippen LogP contribution in [0.4, 0.5) is 22.7 Å². The Hall–Kier alpha value is -3.79. The Balaban J connectivity index is 1.68. The van der Waals surface area contributed by atoms with E-state index in [1.54, 1.807) is 17.0 Å². The highest BCUT2D eigenvalue weighted by molar-refractivity contribution is 6.07. The quantitative estimate of drug-likeness (QED) is 0.449. The second-order valence-electron chi connectivity index (χ2n) is 7.67. The van der Waals surface area contributed by atoms with Gasteiger partial charge in [-0.3, -0.25) is 9.69 Å². The Labute approximate surface area is 175 Å². The molecule has 1 heterocycles. The molecule has 0 fully saturated rings. The average molecular weight is 394 g/mol. The number of phenols is 1. The lowest BCUT2D eigenvalue weighted by molar-refractivity contribution is -0.117. The highest BCUT2D eigenvalue weighted by atomic mass is 16.3.